The maximum Gasteiger partial charge on any atom is 0.175 e. The van der Waals surface area contributed by atoms with E-state index in [4.69, 9.17) is 14.4 Å². The number of aromatic nitrogens is 1. The first-order valence-electron chi connectivity index (χ1n) is 10.9. The normalized spacial score (nSPS) is 18.6. The molecule has 2 N–H and O–H groups in total. The standard InChI is InChI=1S/C22H33N3O2.CH4O/c1-22(10-11-22)15-26-20-7-5-17-19(6-4-16-8-12-23-13-9-16)24-27-21(17)18(20)14-25(2)3;1-2/h5,7,16,23H,4,6,8-15H2,1-3H3;2H,1H3. The van der Waals surface area contributed by atoms with Crippen LogP contribution in [0.5, 0.6) is 5.75 Å². The van der Waals surface area contributed by atoms with E-state index in [0.717, 1.165) is 73.7 Å². The molecule has 2 aliphatic rings. The maximum atomic E-state index is 7.00. The molecule has 1 aliphatic carbocycles. The third kappa shape index (κ3) is 5.71. The van der Waals surface area contributed by atoms with Gasteiger partial charge in [0.15, 0.2) is 5.58 Å². The fourth-order valence-corrected chi connectivity index (χ4v) is 3.99. The predicted octanol–water partition coefficient (Wildman–Crippen LogP) is 3.61. The van der Waals surface area contributed by atoms with Crippen LogP contribution in [0.25, 0.3) is 11.0 Å². The molecule has 1 saturated carbocycles. The molecule has 6 heteroatoms. The van der Waals surface area contributed by atoms with E-state index in [-0.39, 0.29) is 0 Å². The van der Waals surface area contributed by atoms with Crippen LogP contribution in [0.4, 0.5) is 0 Å². The Bertz CT molecular complexity index is 777. The first-order chi connectivity index (χ1) is 14.0. The van der Waals surface area contributed by atoms with Crippen molar-refractivity contribution in [2.24, 2.45) is 11.3 Å². The van der Waals surface area contributed by atoms with Gasteiger partial charge in [0.25, 0.3) is 0 Å². The molecule has 1 aliphatic heterocycles. The number of benzene rings is 1. The number of hydrogen-bond donors (Lipinski definition) is 2. The van der Waals surface area contributed by atoms with Crippen molar-refractivity contribution >= 4 is 11.0 Å². The molecule has 2 heterocycles. The van der Waals surface area contributed by atoms with Gasteiger partial charge in [-0.05, 0) is 83.8 Å². The molecule has 0 amide bonds. The second-order valence-corrected chi connectivity index (χ2v) is 9.12. The number of nitrogens with one attached hydrogen (secondary N) is 1. The van der Waals surface area contributed by atoms with Crippen LogP contribution in [0.2, 0.25) is 0 Å². The van der Waals surface area contributed by atoms with Crippen molar-refractivity contribution in [3.05, 3.63) is 23.4 Å². The van der Waals surface area contributed by atoms with Gasteiger partial charge in [0, 0.05) is 24.5 Å². The van der Waals surface area contributed by atoms with E-state index in [2.05, 4.69) is 48.5 Å². The molecule has 0 bridgehead atoms. The topological polar surface area (TPSA) is 70.8 Å². The first-order valence-corrected chi connectivity index (χ1v) is 10.9. The van der Waals surface area contributed by atoms with Gasteiger partial charge in [0.05, 0.1) is 17.9 Å². The van der Waals surface area contributed by atoms with Crippen LogP contribution in [0.15, 0.2) is 16.7 Å². The predicted molar refractivity (Wildman–Crippen MR) is 116 cm³/mol. The van der Waals surface area contributed by atoms with E-state index in [1.807, 2.05) is 0 Å². The Hall–Kier alpha value is -1.63. The molecule has 1 aromatic carbocycles. The van der Waals surface area contributed by atoms with Gasteiger partial charge in [-0.25, -0.2) is 0 Å². The van der Waals surface area contributed by atoms with Crippen LogP contribution in [-0.4, -0.2) is 56.1 Å². The van der Waals surface area contributed by atoms with Gasteiger partial charge in [0.1, 0.15) is 5.75 Å². The summed E-state index contributed by atoms with van der Waals surface area (Å²) >= 11 is 0. The highest BCUT2D eigenvalue weighted by atomic mass is 16.5. The molecule has 1 saturated heterocycles. The minimum atomic E-state index is 0.367. The number of aliphatic hydroxyl groups excluding tert-OH is 1. The summed E-state index contributed by atoms with van der Waals surface area (Å²) in [7, 11) is 5.17. The zero-order valence-corrected chi connectivity index (χ0v) is 18.5. The molecule has 1 aromatic heterocycles. The summed E-state index contributed by atoms with van der Waals surface area (Å²) in [6, 6.07) is 4.27. The Morgan fingerprint density at radius 3 is 2.62 bits per heavy atom. The highest BCUT2D eigenvalue weighted by molar-refractivity contribution is 5.84. The highest BCUT2D eigenvalue weighted by Gasteiger charge is 2.38. The van der Waals surface area contributed by atoms with Gasteiger partial charge in [-0.1, -0.05) is 12.1 Å². The number of hydrogen-bond acceptors (Lipinski definition) is 6. The Balaban J connectivity index is 0.00000117. The maximum absolute atomic E-state index is 7.00. The SMILES string of the molecule is CN(C)Cc1c(OCC2(C)CC2)ccc2c(CCC3CCNCC3)noc12.CO. The Morgan fingerprint density at radius 1 is 1.24 bits per heavy atom. The third-order valence-corrected chi connectivity index (χ3v) is 6.18. The number of aliphatic hydroxyl groups is 1. The lowest BCUT2D eigenvalue weighted by atomic mass is 9.92. The van der Waals surface area contributed by atoms with Crippen molar-refractivity contribution < 1.29 is 14.4 Å². The molecule has 0 atom stereocenters. The first kappa shape index (κ1) is 22.1. The van der Waals surface area contributed by atoms with Crippen molar-refractivity contribution in [1.29, 1.82) is 0 Å². The van der Waals surface area contributed by atoms with Crippen molar-refractivity contribution in [2.45, 2.75) is 52.0 Å². The molecular weight excluding hydrogens is 366 g/mol. The second-order valence-electron chi connectivity index (χ2n) is 9.12. The molecule has 0 radical (unpaired) electrons. The van der Waals surface area contributed by atoms with Gasteiger partial charge in [0.2, 0.25) is 0 Å². The van der Waals surface area contributed by atoms with E-state index in [1.54, 1.807) is 0 Å². The second kappa shape index (κ2) is 9.92. The van der Waals surface area contributed by atoms with Gasteiger partial charge >= 0.3 is 0 Å². The van der Waals surface area contributed by atoms with Crippen LogP contribution < -0.4 is 10.1 Å². The third-order valence-electron chi connectivity index (χ3n) is 6.18. The number of aryl methyl sites for hydroxylation is 1. The number of fused-ring (bicyclic) bond motifs is 1. The van der Waals surface area contributed by atoms with Crippen molar-refractivity contribution in [3.63, 3.8) is 0 Å². The summed E-state index contributed by atoms with van der Waals surface area (Å²) in [5.74, 6) is 1.76. The lowest BCUT2D eigenvalue weighted by molar-refractivity contribution is 0.242. The van der Waals surface area contributed by atoms with Crippen LogP contribution in [0, 0.1) is 11.3 Å². The Morgan fingerprint density at radius 2 is 1.97 bits per heavy atom. The fourth-order valence-electron chi connectivity index (χ4n) is 3.99. The quantitative estimate of drug-likeness (QED) is 0.702. The average Bonchev–Trinajstić information content (AvgIpc) is 3.33. The molecule has 4 rings (SSSR count). The zero-order valence-electron chi connectivity index (χ0n) is 18.5. The molecule has 2 aromatic rings. The summed E-state index contributed by atoms with van der Waals surface area (Å²) in [6.45, 7) is 6.18. The van der Waals surface area contributed by atoms with Gasteiger partial charge in [-0.3, -0.25) is 0 Å². The Kier molecular flexibility index (Phi) is 7.55. The molecule has 0 unspecified atom stereocenters. The van der Waals surface area contributed by atoms with Crippen molar-refractivity contribution in [1.82, 2.24) is 15.4 Å². The average molecular weight is 404 g/mol. The summed E-state index contributed by atoms with van der Waals surface area (Å²) in [5.41, 5.74) is 3.50. The van der Waals surface area contributed by atoms with Crippen LogP contribution in [0.1, 0.15) is 50.3 Å². The van der Waals surface area contributed by atoms with Crippen LogP contribution in [-0.2, 0) is 13.0 Å². The van der Waals surface area contributed by atoms with Crippen molar-refractivity contribution in [3.8, 4) is 5.75 Å². The fraction of sp³-hybridized carbons (Fsp3) is 0.696. The lowest BCUT2D eigenvalue weighted by Gasteiger charge is -2.21. The minimum Gasteiger partial charge on any atom is -0.493 e. The molecule has 2 fully saturated rings. The summed E-state index contributed by atoms with van der Waals surface area (Å²) in [5, 5.41) is 16.0. The monoisotopic (exact) mass is 403 g/mol. The summed E-state index contributed by atoms with van der Waals surface area (Å²) in [4.78, 5) is 2.16. The minimum absolute atomic E-state index is 0.367. The molecule has 29 heavy (non-hydrogen) atoms. The largest absolute Gasteiger partial charge is 0.493 e. The molecule has 162 valence electrons. The van der Waals surface area contributed by atoms with Gasteiger partial charge in [-0.15, -0.1) is 0 Å². The summed E-state index contributed by atoms with van der Waals surface area (Å²) < 4.78 is 12.1. The molecule has 0 spiro atoms. The van der Waals surface area contributed by atoms with Crippen LogP contribution in [0.3, 0.4) is 0 Å². The molecular formula is C23H37N3O3. The van der Waals surface area contributed by atoms with E-state index < -0.39 is 0 Å². The van der Waals surface area contributed by atoms with Crippen molar-refractivity contribution in [2.75, 3.05) is 40.9 Å². The number of nitrogens with zero attached hydrogens (tertiary/aromatic N) is 2. The van der Waals surface area contributed by atoms with E-state index >= 15 is 0 Å². The number of piperidine rings is 1. The van der Waals surface area contributed by atoms with Crippen LogP contribution >= 0.6 is 0 Å². The zero-order chi connectivity index (χ0) is 20.9. The number of rotatable bonds is 8. The van der Waals surface area contributed by atoms with E-state index in [0.29, 0.717) is 5.41 Å². The van der Waals surface area contributed by atoms with E-state index in [1.165, 1.54) is 32.1 Å². The van der Waals surface area contributed by atoms with Gasteiger partial charge in [-0.2, -0.15) is 0 Å². The summed E-state index contributed by atoms with van der Waals surface area (Å²) in [6.07, 6.45) is 7.28. The number of ether oxygens (including phenoxy) is 1. The van der Waals surface area contributed by atoms with E-state index in [9.17, 15) is 0 Å². The van der Waals surface area contributed by atoms with Gasteiger partial charge < -0.3 is 24.6 Å². The molecule has 6 nitrogen and oxygen atoms in total. The highest BCUT2D eigenvalue weighted by Crippen LogP contribution is 2.45. The smallest absolute Gasteiger partial charge is 0.175 e. The Labute approximate surface area is 174 Å². The lowest BCUT2D eigenvalue weighted by Crippen LogP contribution is -2.27.